The number of aromatic nitrogens is 3. The number of hydrogen-bond acceptors (Lipinski definition) is 5. The van der Waals surface area contributed by atoms with Gasteiger partial charge in [-0.25, -0.2) is 9.97 Å². The molecule has 0 fully saturated rings. The zero-order valence-corrected chi connectivity index (χ0v) is 30.9. The van der Waals surface area contributed by atoms with Crippen LogP contribution in [0.2, 0.25) is 0 Å². The molecule has 7 aromatic carbocycles. The van der Waals surface area contributed by atoms with Crippen molar-refractivity contribution in [3.05, 3.63) is 188 Å². The number of benzene rings is 7. The van der Waals surface area contributed by atoms with E-state index in [4.69, 9.17) is 14.4 Å². The second kappa shape index (κ2) is 13.3. The molecule has 0 aliphatic rings. The van der Waals surface area contributed by atoms with Crippen LogP contribution in [0.3, 0.4) is 0 Å². The van der Waals surface area contributed by atoms with E-state index in [9.17, 15) is 0 Å². The lowest BCUT2D eigenvalue weighted by Crippen LogP contribution is -1.97. The van der Waals surface area contributed by atoms with Gasteiger partial charge in [0.05, 0.1) is 11.4 Å². The van der Waals surface area contributed by atoms with Gasteiger partial charge in [-0.05, 0) is 88.5 Å². The Kier molecular flexibility index (Phi) is 7.64. The molecule has 4 heterocycles. The van der Waals surface area contributed by atoms with E-state index in [0.29, 0.717) is 5.82 Å². The molecular formula is C51H31N3OS. The van der Waals surface area contributed by atoms with Gasteiger partial charge in [0.25, 0.3) is 0 Å². The lowest BCUT2D eigenvalue weighted by Gasteiger charge is -2.14. The molecule has 0 saturated heterocycles. The molecule has 0 aliphatic heterocycles. The minimum absolute atomic E-state index is 0.660. The maximum atomic E-state index is 6.39. The van der Waals surface area contributed by atoms with Gasteiger partial charge in [-0.1, -0.05) is 115 Å². The Labute approximate surface area is 327 Å². The van der Waals surface area contributed by atoms with Gasteiger partial charge in [0.2, 0.25) is 0 Å². The van der Waals surface area contributed by atoms with Crippen LogP contribution in [0.1, 0.15) is 0 Å². The highest BCUT2D eigenvalue weighted by atomic mass is 32.1. The largest absolute Gasteiger partial charge is 0.456 e. The fourth-order valence-corrected chi connectivity index (χ4v) is 9.10. The van der Waals surface area contributed by atoms with E-state index in [0.717, 1.165) is 77.8 Å². The summed E-state index contributed by atoms with van der Waals surface area (Å²) in [6.45, 7) is 0. The van der Waals surface area contributed by atoms with Gasteiger partial charge in [-0.3, -0.25) is 4.98 Å². The Morgan fingerprint density at radius 3 is 1.84 bits per heavy atom. The summed E-state index contributed by atoms with van der Waals surface area (Å²) in [5.41, 5.74) is 13.0. The van der Waals surface area contributed by atoms with E-state index in [2.05, 4.69) is 157 Å². The van der Waals surface area contributed by atoms with Crippen molar-refractivity contribution in [1.82, 2.24) is 15.0 Å². The van der Waals surface area contributed by atoms with Crippen molar-refractivity contribution >= 4 is 53.4 Å². The molecule has 0 saturated carbocycles. The molecule has 0 amide bonds. The second-order valence-electron chi connectivity index (χ2n) is 14.0. The lowest BCUT2D eigenvalue weighted by molar-refractivity contribution is 0.669. The van der Waals surface area contributed by atoms with E-state index < -0.39 is 0 Å². The van der Waals surface area contributed by atoms with E-state index in [1.807, 2.05) is 41.8 Å². The Hall–Kier alpha value is -7.21. The lowest BCUT2D eigenvalue weighted by atomic mass is 9.91. The molecule has 4 nitrogen and oxygen atoms in total. The summed E-state index contributed by atoms with van der Waals surface area (Å²) in [5.74, 6) is 0.660. The standard InChI is InChI=1S/C51H31N3OS/c1-2-12-32(13-3-1)43-30-44(54-51(53-43)34-15-8-14-33(26-34)35-16-11-25-52-31-35)38-28-36(39-19-9-22-46-49(39)41-17-4-6-21-45(41)55-46)27-37(29-38)40-20-10-24-48-50(40)42-18-5-7-23-47(42)56-48/h1-31H. The van der Waals surface area contributed by atoms with Crippen molar-refractivity contribution in [2.45, 2.75) is 0 Å². The molecule has 0 bridgehead atoms. The monoisotopic (exact) mass is 733 g/mol. The maximum Gasteiger partial charge on any atom is 0.160 e. The third kappa shape index (κ3) is 5.56. The van der Waals surface area contributed by atoms with Crippen LogP contribution in [-0.4, -0.2) is 15.0 Å². The first-order valence-corrected chi connectivity index (χ1v) is 19.5. The summed E-state index contributed by atoms with van der Waals surface area (Å²) in [4.78, 5) is 14.9. The minimum Gasteiger partial charge on any atom is -0.456 e. The molecule has 0 N–H and O–H groups in total. The number of thiophene rings is 1. The molecular weight excluding hydrogens is 703 g/mol. The highest BCUT2D eigenvalue weighted by molar-refractivity contribution is 7.25. The van der Waals surface area contributed by atoms with Crippen LogP contribution in [0.5, 0.6) is 0 Å². The first-order valence-electron chi connectivity index (χ1n) is 18.7. The molecule has 5 heteroatoms. The Bertz CT molecular complexity index is 3120. The van der Waals surface area contributed by atoms with Crippen LogP contribution in [0.25, 0.3) is 109 Å². The van der Waals surface area contributed by atoms with Crippen molar-refractivity contribution in [3.8, 4) is 67.3 Å². The summed E-state index contributed by atoms with van der Waals surface area (Å²) in [7, 11) is 0. The number of hydrogen-bond donors (Lipinski definition) is 0. The van der Waals surface area contributed by atoms with Crippen LogP contribution in [-0.2, 0) is 0 Å². The van der Waals surface area contributed by atoms with Crippen molar-refractivity contribution < 1.29 is 4.42 Å². The Morgan fingerprint density at radius 1 is 0.393 bits per heavy atom. The maximum absolute atomic E-state index is 6.39. The number of para-hydroxylation sites is 1. The summed E-state index contributed by atoms with van der Waals surface area (Å²) in [6.07, 6.45) is 3.69. The van der Waals surface area contributed by atoms with Crippen molar-refractivity contribution in [3.63, 3.8) is 0 Å². The molecule has 0 atom stereocenters. The fraction of sp³-hybridized carbons (Fsp3) is 0. The van der Waals surface area contributed by atoms with Crippen molar-refractivity contribution in [1.29, 1.82) is 0 Å². The van der Waals surface area contributed by atoms with Gasteiger partial charge in [0.15, 0.2) is 5.82 Å². The van der Waals surface area contributed by atoms with Gasteiger partial charge in [-0.15, -0.1) is 11.3 Å². The van der Waals surface area contributed by atoms with Gasteiger partial charge >= 0.3 is 0 Å². The normalized spacial score (nSPS) is 11.6. The molecule has 0 spiro atoms. The average Bonchev–Trinajstić information content (AvgIpc) is 3.86. The van der Waals surface area contributed by atoms with Crippen LogP contribution < -0.4 is 0 Å². The Morgan fingerprint density at radius 2 is 1.00 bits per heavy atom. The van der Waals surface area contributed by atoms with E-state index in [-0.39, 0.29) is 0 Å². The summed E-state index contributed by atoms with van der Waals surface area (Å²) < 4.78 is 8.93. The van der Waals surface area contributed by atoms with Crippen LogP contribution in [0, 0.1) is 0 Å². The average molecular weight is 734 g/mol. The van der Waals surface area contributed by atoms with Gasteiger partial charge in [0.1, 0.15) is 11.2 Å². The predicted octanol–water partition coefficient (Wildman–Crippen LogP) is 14.1. The molecule has 56 heavy (non-hydrogen) atoms. The van der Waals surface area contributed by atoms with E-state index >= 15 is 0 Å². The molecule has 11 aromatic rings. The summed E-state index contributed by atoms with van der Waals surface area (Å²) in [6, 6.07) is 61.9. The number of rotatable bonds is 6. The highest BCUT2D eigenvalue weighted by Crippen LogP contribution is 2.44. The second-order valence-corrected chi connectivity index (χ2v) is 15.1. The molecule has 0 aliphatic carbocycles. The number of fused-ring (bicyclic) bond motifs is 6. The van der Waals surface area contributed by atoms with Gasteiger partial charge in [0, 0.05) is 65.6 Å². The molecule has 11 rings (SSSR count). The van der Waals surface area contributed by atoms with Crippen LogP contribution >= 0.6 is 11.3 Å². The SMILES string of the molecule is c1ccc(-c2cc(-c3cc(-c4cccc5oc6ccccc6c45)cc(-c4cccc5sc6ccccc6c45)c3)nc(-c3cccc(-c4cccnc4)c3)n2)cc1. The third-order valence-electron chi connectivity index (χ3n) is 10.6. The molecule has 0 radical (unpaired) electrons. The van der Waals surface area contributed by atoms with Gasteiger partial charge < -0.3 is 4.42 Å². The number of pyridine rings is 1. The van der Waals surface area contributed by atoms with Crippen LogP contribution in [0.15, 0.2) is 193 Å². The first kappa shape index (κ1) is 32.2. The van der Waals surface area contributed by atoms with Crippen LogP contribution in [0.4, 0.5) is 0 Å². The summed E-state index contributed by atoms with van der Waals surface area (Å²) >= 11 is 1.84. The van der Waals surface area contributed by atoms with E-state index in [1.54, 1.807) is 6.20 Å². The van der Waals surface area contributed by atoms with E-state index in [1.165, 1.54) is 25.7 Å². The highest BCUT2D eigenvalue weighted by Gasteiger charge is 2.19. The first-order chi connectivity index (χ1) is 27.7. The zero-order valence-electron chi connectivity index (χ0n) is 30.1. The smallest absolute Gasteiger partial charge is 0.160 e. The van der Waals surface area contributed by atoms with Crippen molar-refractivity contribution in [2.75, 3.05) is 0 Å². The molecule has 4 aromatic heterocycles. The van der Waals surface area contributed by atoms with Crippen molar-refractivity contribution in [2.24, 2.45) is 0 Å². The number of furan rings is 1. The predicted molar refractivity (Wildman–Crippen MR) is 233 cm³/mol. The topological polar surface area (TPSA) is 51.8 Å². The fourth-order valence-electron chi connectivity index (χ4n) is 7.97. The Balaban J connectivity index is 1.18. The summed E-state index contributed by atoms with van der Waals surface area (Å²) in [5, 5.41) is 4.73. The zero-order chi connectivity index (χ0) is 37.0. The minimum atomic E-state index is 0.660. The number of nitrogens with zero attached hydrogens (tertiary/aromatic N) is 3. The van der Waals surface area contributed by atoms with Gasteiger partial charge in [-0.2, -0.15) is 0 Å². The molecule has 262 valence electrons. The molecule has 0 unspecified atom stereocenters. The third-order valence-corrected chi connectivity index (χ3v) is 11.7. The quantitative estimate of drug-likeness (QED) is 0.171.